The van der Waals surface area contributed by atoms with Crippen molar-refractivity contribution in [2.24, 2.45) is 7.05 Å². The summed E-state index contributed by atoms with van der Waals surface area (Å²) in [5.74, 6) is 0.841. The van der Waals surface area contributed by atoms with Crippen LogP contribution in [0.5, 0.6) is 0 Å². The molecule has 2 aromatic rings. The lowest BCUT2D eigenvalue weighted by atomic mass is 9.95. The van der Waals surface area contributed by atoms with Gasteiger partial charge in [-0.05, 0) is 37.0 Å². The highest BCUT2D eigenvalue weighted by Crippen LogP contribution is 2.40. The topological polar surface area (TPSA) is 41.4 Å². The SMILES string of the molecule is CC(=O)N1CCc2c(c(N3CCCc4cc(C)c(C(F)F)cc43)nn2C)C1. The first-order valence-corrected chi connectivity index (χ1v) is 9.36. The minimum Gasteiger partial charge on any atom is -0.338 e. The second kappa shape index (κ2) is 6.62. The Morgan fingerprint density at radius 2 is 2.00 bits per heavy atom. The van der Waals surface area contributed by atoms with Crippen LogP contribution in [0.1, 0.15) is 47.7 Å². The lowest BCUT2D eigenvalue weighted by Gasteiger charge is -2.33. The van der Waals surface area contributed by atoms with Gasteiger partial charge < -0.3 is 9.80 Å². The van der Waals surface area contributed by atoms with Gasteiger partial charge in [-0.3, -0.25) is 9.48 Å². The number of alkyl halides is 2. The lowest BCUT2D eigenvalue weighted by Crippen LogP contribution is -2.35. The molecule has 0 fully saturated rings. The van der Waals surface area contributed by atoms with Crippen molar-refractivity contribution in [1.29, 1.82) is 0 Å². The molecule has 1 amide bonds. The van der Waals surface area contributed by atoms with Gasteiger partial charge in [0.05, 0.1) is 6.54 Å². The monoisotopic (exact) mass is 374 g/mol. The number of fused-ring (bicyclic) bond motifs is 2. The zero-order chi connectivity index (χ0) is 19.3. The van der Waals surface area contributed by atoms with Gasteiger partial charge in [-0.1, -0.05) is 6.07 Å². The van der Waals surface area contributed by atoms with Gasteiger partial charge in [0.1, 0.15) is 0 Å². The molecule has 0 saturated carbocycles. The van der Waals surface area contributed by atoms with Gasteiger partial charge in [-0.2, -0.15) is 5.10 Å². The van der Waals surface area contributed by atoms with Gasteiger partial charge in [0, 0.05) is 56.0 Å². The van der Waals surface area contributed by atoms with Gasteiger partial charge in [0.2, 0.25) is 5.91 Å². The number of amides is 1. The number of aryl methyl sites for hydroxylation is 3. The highest BCUT2D eigenvalue weighted by atomic mass is 19.3. The number of carbonyl (C=O) groups is 1. The van der Waals surface area contributed by atoms with Crippen LogP contribution >= 0.6 is 0 Å². The first-order chi connectivity index (χ1) is 12.9. The molecule has 2 aliphatic rings. The Morgan fingerprint density at radius 3 is 2.70 bits per heavy atom. The van der Waals surface area contributed by atoms with Crippen LogP contribution in [-0.4, -0.2) is 33.7 Å². The van der Waals surface area contributed by atoms with Crippen LogP contribution < -0.4 is 4.90 Å². The molecule has 3 heterocycles. The molecule has 7 heteroatoms. The van der Waals surface area contributed by atoms with E-state index in [1.165, 1.54) is 0 Å². The molecule has 0 unspecified atom stereocenters. The smallest absolute Gasteiger partial charge is 0.264 e. The van der Waals surface area contributed by atoms with Crippen LogP contribution in [0.25, 0.3) is 0 Å². The van der Waals surface area contributed by atoms with Gasteiger partial charge in [-0.25, -0.2) is 8.78 Å². The zero-order valence-corrected chi connectivity index (χ0v) is 15.9. The van der Waals surface area contributed by atoms with Gasteiger partial charge in [0.15, 0.2) is 5.82 Å². The first kappa shape index (κ1) is 17.9. The molecular formula is C20H24F2N4O. The number of nitrogens with zero attached hydrogens (tertiary/aromatic N) is 4. The molecule has 0 radical (unpaired) electrons. The van der Waals surface area contributed by atoms with Gasteiger partial charge >= 0.3 is 0 Å². The van der Waals surface area contributed by atoms with E-state index in [1.54, 1.807) is 19.9 Å². The predicted octanol–water partition coefficient (Wildman–Crippen LogP) is 3.66. The van der Waals surface area contributed by atoms with Crippen LogP contribution in [0.4, 0.5) is 20.3 Å². The molecule has 0 aliphatic carbocycles. The van der Waals surface area contributed by atoms with Crippen LogP contribution in [0.2, 0.25) is 0 Å². The van der Waals surface area contributed by atoms with E-state index in [9.17, 15) is 13.6 Å². The van der Waals surface area contributed by atoms with Crippen LogP contribution in [0.3, 0.4) is 0 Å². The number of halogens is 2. The van der Waals surface area contributed by atoms with E-state index in [2.05, 4.69) is 4.90 Å². The van der Waals surface area contributed by atoms with Crippen molar-refractivity contribution >= 4 is 17.4 Å². The summed E-state index contributed by atoms with van der Waals surface area (Å²) in [6.07, 6.45) is 0.0902. The summed E-state index contributed by atoms with van der Waals surface area (Å²) in [4.78, 5) is 15.7. The summed E-state index contributed by atoms with van der Waals surface area (Å²) in [6, 6.07) is 3.52. The molecule has 0 atom stereocenters. The Morgan fingerprint density at radius 1 is 1.22 bits per heavy atom. The third-order valence-electron chi connectivity index (χ3n) is 5.74. The Kier molecular flexibility index (Phi) is 4.40. The number of hydrogen-bond donors (Lipinski definition) is 0. The molecule has 1 aromatic heterocycles. The molecule has 4 rings (SSSR count). The average Bonchev–Trinajstić information content (AvgIpc) is 2.96. The van der Waals surface area contributed by atoms with E-state index >= 15 is 0 Å². The standard InChI is InChI=1S/C20H24F2N4O/c1-12-9-14-5-4-7-26(18(14)10-15(12)19(21)22)20-16-11-25(13(2)27)8-6-17(16)24(3)23-20/h9-10,19H,4-8,11H2,1-3H3. The van der Waals surface area contributed by atoms with Crippen molar-refractivity contribution in [3.05, 3.63) is 40.1 Å². The molecule has 27 heavy (non-hydrogen) atoms. The van der Waals surface area contributed by atoms with Crippen LogP contribution in [0, 0.1) is 6.92 Å². The molecular weight excluding hydrogens is 350 g/mol. The number of hydrogen-bond acceptors (Lipinski definition) is 3. The Bertz CT molecular complexity index is 906. The molecule has 1 aromatic carbocycles. The van der Waals surface area contributed by atoms with Gasteiger partial charge in [0.25, 0.3) is 6.43 Å². The summed E-state index contributed by atoms with van der Waals surface area (Å²) in [6.45, 7) is 5.27. The van der Waals surface area contributed by atoms with Gasteiger partial charge in [-0.15, -0.1) is 0 Å². The Hall–Kier alpha value is -2.44. The summed E-state index contributed by atoms with van der Waals surface area (Å²) >= 11 is 0. The maximum Gasteiger partial charge on any atom is 0.264 e. The van der Waals surface area contributed by atoms with Crippen molar-refractivity contribution in [3.63, 3.8) is 0 Å². The van der Waals surface area contributed by atoms with Crippen LogP contribution in [-0.2, 0) is 31.2 Å². The third kappa shape index (κ3) is 2.99. The molecule has 0 spiro atoms. The summed E-state index contributed by atoms with van der Waals surface area (Å²) in [5.41, 5.74) is 4.78. The minimum atomic E-state index is -2.50. The third-order valence-corrected chi connectivity index (χ3v) is 5.74. The minimum absolute atomic E-state index is 0.0464. The normalized spacial score (nSPS) is 16.5. The molecule has 0 saturated heterocycles. The second-order valence-electron chi connectivity index (χ2n) is 7.46. The molecule has 0 bridgehead atoms. The average molecular weight is 374 g/mol. The fraction of sp³-hybridized carbons (Fsp3) is 0.500. The van der Waals surface area contributed by atoms with E-state index in [1.807, 2.05) is 22.7 Å². The predicted molar refractivity (Wildman–Crippen MR) is 99.5 cm³/mol. The van der Waals surface area contributed by atoms with E-state index in [4.69, 9.17) is 5.10 Å². The molecule has 0 N–H and O–H groups in total. The summed E-state index contributed by atoms with van der Waals surface area (Å²) in [5, 5.41) is 4.72. The lowest BCUT2D eigenvalue weighted by molar-refractivity contribution is -0.129. The Labute approximate surface area is 157 Å². The number of benzene rings is 1. The van der Waals surface area contributed by atoms with Crippen molar-refractivity contribution in [2.75, 3.05) is 18.0 Å². The fourth-order valence-electron chi connectivity index (χ4n) is 4.29. The summed E-state index contributed by atoms with van der Waals surface area (Å²) < 4.78 is 28.8. The van der Waals surface area contributed by atoms with E-state index < -0.39 is 6.43 Å². The van der Waals surface area contributed by atoms with E-state index in [-0.39, 0.29) is 11.5 Å². The number of rotatable bonds is 2. The van der Waals surface area contributed by atoms with Crippen molar-refractivity contribution in [1.82, 2.24) is 14.7 Å². The van der Waals surface area contributed by atoms with Crippen molar-refractivity contribution in [3.8, 4) is 0 Å². The quantitative estimate of drug-likeness (QED) is 0.806. The van der Waals surface area contributed by atoms with E-state index in [0.717, 1.165) is 54.1 Å². The first-order valence-electron chi connectivity index (χ1n) is 9.36. The maximum absolute atomic E-state index is 13.5. The van der Waals surface area contributed by atoms with Crippen molar-refractivity contribution in [2.45, 2.75) is 46.1 Å². The molecule has 2 aliphatic heterocycles. The second-order valence-corrected chi connectivity index (χ2v) is 7.46. The zero-order valence-electron chi connectivity index (χ0n) is 15.9. The molecule has 5 nitrogen and oxygen atoms in total. The van der Waals surface area contributed by atoms with E-state index in [0.29, 0.717) is 18.7 Å². The van der Waals surface area contributed by atoms with Crippen molar-refractivity contribution < 1.29 is 13.6 Å². The van der Waals surface area contributed by atoms with Crippen LogP contribution in [0.15, 0.2) is 12.1 Å². The highest BCUT2D eigenvalue weighted by Gasteiger charge is 2.31. The summed E-state index contributed by atoms with van der Waals surface area (Å²) in [7, 11) is 1.91. The molecule has 144 valence electrons. The number of aromatic nitrogens is 2. The maximum atomic E-state index is 13.5. The largest absolute Gasteiger partial charge is 0.338 e. The fourth-order valence-corrected chi connectivity index (χ4v) is 4.29. The Balaban J connectivity index is 1.81. The highest BCUT2D eigenvalue weighted by molar-refractivity contribution is 5.75. The number of anilines is 2. The number of carbonyl (C=O) groups excluding carboxylic acids is 1.